The average molecular weight is 556 g/mol. The molecule has 1 aliphatic rings. The van der Waals surface area contributed by atoms with Crippen molar-refractivity contribution in [3.63, 3.8) is 0 Å². The van der Waals surface area contributed by atoms with E-state index in [0.29, 0.717) is 24.5 Å². The molecule has 6 rings (SSSR count). The summed E-state index contributed by atoms with van der Waals surface area (Å²) in [6.07, 6.45) is 6.60. The molecule has 208 valence electrons. The number of imidazole rings is 1. The van der Waals surface area contributed by atoms with E-state index in [1.165, 1.54) is 17.2 Å². The summed E-state index contributed by atoms with van der Waals surface area (Å²) in [4.78, 5) is 29.9. The summed E-state index contributed by atoms with van der Waals surface area (Å²) < 4.78 is 21.6. The summed E-state index contributed by atoms with van der Waals surface area (Å²) in [5, 5.41) is 22.9. The molecule has 4 heterocycles. The number of aromatic nitrogens is 5. The molecule has 1 aliphatic heterocycles. The molecule has 0 bridgehead atoms. The van der Waals surface area contributed by atoms with Gasteiger partial charge in [-0.05, 0) is 62.3 Å². The van der Waals surface area contributed by atoms with Crippen molar-refractivity contribution in [1.82, 2.24) is 29.4 Å². The number of benzene rings is 2. The molecular formula is C29H26FN7O4. The predicted octanol–water partition coefficient (Wildman–Crippen LogP) is 3.99. The molecule has 3 aromatic heterocycles. The first kappa shape index (κ1) is 26.2. The molecule has 0 atom stereocenters. The number of rotatable bonds is 9. The Balaban J connectivity index is 1.10. The van der Waals surface area contributed by atoms with Crippen molar-refractivity contribution in [3.8, 4) is 6.07 Å². The molecule has 1 saturated heterocycles. The van der Waals surface area contributed by atoms with Gasteiger partial charge in [-0.2, -0.15) is 5.26 Å². The zero-order chi connectivity index (χ0) is 28.3. The predicted molar refractivity (Wildman–Crippen MR) is 143 cm³/mol. The third kappa shape index (κ3) is 5.66. The summed E-state index contributed by atoms with van der Waals surface area (Å²) in [6.45, 7) is 2.61. The number of halogens is 1. The average Bonchev–Trinajstić information content (AvgIpc) is 3.74. The van der Waals surface area contributed by atoms with Gasteiger partial charge in [0, 0.05) is 11.5 Å². The van der Waals surface area contributed by atoms with Crippen LogP contribution in [0.5, 0.6) is 0 Å². The van der Waals surface area contributed by atoms with E-state index >= 15 is 0 Å². The van der Waals surface area contributed by atoms with E-state index in [-0.39, 0.29) is 23.7 Å². The summed E-state index contributed by atoms with van der Waals surface area (Å²) in [6, 6.07) is 13.1. The molecule has 41 heavy (non-hydrogen) atoms. The van der Waals surface area contributed by atoms with Crippen LogP contribution in [0, 0.1) is 17.1 Å². The smallest absolute Gasteiger partial charge is 0.335 e. The van der Waals surface area contributed by atoms with Crippen LogP contribution < -0.4 is 4.84 Å². The van der Waals surface area contributed by atoms with Gasteiger partial charge in [0.05, 0.1) is 52.9 Å². The summed E-state index contributed by atoms with van der Waals surface area (Å²) in [7, 11) is 0. The number of aromatic carboxylic acids is 1. The number of nitrogens with zero attached hydrogens (tertiary/aromatic N) is 7. The van der Waals surface area contributed by atoms with Crippen molar-refractivity contribution < 1.29 is 23.5 Å². The normalized spacial score (nSPS) is 14.3. The van der Waals surface area contributed by atoms with Crippen LogP contribution in [0.15, 0.2) is 65.5 Å². The lowest BCUT2D eigenvalue weighted by molar-refractivity contribution is 0.0666. The zero-order valence-corrected chi connectivity index (χ0v) is 22.0. The van der Waals surface area contributed by atoms with Crippen molar-refractivity contribution in [2.75, 3.05) is 13.1 Å². The lowest BCUT2D eigenvalue weighted by atomic mass is 9.94. The summed E-state index contributed by atoms with van der Waals surface area (Å²) in [5.41, 5.74) is 3.17. The first-order valence-corrected chi connectivity index (χ1v) is 13.2. The fraction of sp³-hybridized carbons (Fsp3) is 0.276. The van der Waals surface area contributed by atoms with E-state index in [4.69, 9.17) is 19.5 Å². The maximum atomic E-state index is 14.2. The second-order valence-electron chi connectivity index (χ2n) is 9.93. The Morgan fingerprint density at radius 3 is 2.76 bits per heavy atom. The largest absolute Gasteiger partial charge is 0.478 e. The Labute approximate surface area is 234 Å². The Morgan fingerprint density at radius 2 is 2.02 bits per heavy atom. The van der Waals surface area contributed by atoms with Gasteiger partial charge < -0.3 is 18.9 Å². The van der Waals surface area contributed by atoms with Crippen LogP contribution in [0.3, 0.4) is 0 Å². The number of hydrogen-bond donors (Lipinski definition) is 1. The SMILES string of the molecule is N#Cc1ccc(COn2ccc(C3CCN(Cc4nc5ccc(C(=O)O)cc5n4Cc4ncco4)CC3)n2)c(F)c1. The quantitative estimate of drug-likeness (QED) is 0.286. The van der Waals surface area contributed by atoms with E-state index in [9.17, 15) is 14.3 Å². The highest BCUT2D eigenvalue weighted by Crippen LogP contribution is 2.28. The highest BCUT2D eigenvalue weighted by molar-refractivity contribution is 5.92. The summed E-state index contributed by atoms with van der Waals surface area (Å²) in [5.74, 6) is 0.109. The Bertz CT molecular complexity index is 1730. The third-order valence-corrected chi connectivity index (χ3v) is 7.34. The summed E-state index contributed by atoms with van der Waals surface area (Å²) >= 11 is 0. The number of carboxylic acids is 1. The Kier molecular flexibility index (Phi) is 7.18. The van der Waals surface area contributed by atoms with Crippen LogP contribution in [0.25, 0.3) is 11.0 Å². The van der Waals surface area contributed by atoms with Crippen molar-refractivity contribution in [1.29, 1.82) is 5.26 Å². The van der Waals surface area contributed by atoms with Gasteiger partial charge in [-0.1, -0.05) is 6.07 Å². The highest BCUT2D eigenvalue weighted by atomic mass is 19.1. The minimum Gasteiger partial charge on any atom is -0.478 e. The molecule has 5 aromatic rings. The lowest BCUT2D eigenvalue weighted by Crippen LogP contribution is -2.33. The molecule has 0 amide bonds. The molecule has 0 unspecified atom stereocenters. The van der Waals surface area contributed by atoms with Gasteiger partial charge in [-0.3, -0.25) is 4.90 Å². The molecule has 0 spiro atoms. The van der Waals surface area contributed by atoms with Gasteiger partial charge in [0.15, 0.2) is 0 Å². The third-order valence-electron chi connectivity index (χ3n) is 7.34. The van der Waals surface area contributed by atoms with E-state index in [0.717, 1.165) is 48.5 Å². The molecule has 11 nitrogen and oxygen atoms in total. The van der Waals surface area contributed by atoms with Crippen LogP contribution in [0.4, 0.5) is 4.39 Å². The van der Waals surface area contributed by atoms with Gasteiger partial charge in [0.1, 0.15) is 31.1 Å². The highest BCUT2D eigenvalue weighted by Gasteiger charge is 2.25. The molecule has 2 aromatic carbocycles. The van der Waals surface area contributed by atoms with Crippen LogP contribution in [0.2, 0.25) is 0 Å². The Morgan fingerprint density at radius 1 is 1.17 bits per heavy atom. The monoisotopic (exact) mass is 555 g/mol. The first-order chi connectivity index (χ1) is 20.0. The number of likely N-dealkylation sites (tertiary alicyclic amines) is 1. The van der Waals surface area contributed by atoms with Crippen LogP contribution in [-0.4, -0.2) is 53.5 Å². The maximum absolute atomic E-state index is 14.2. The van der Waals surface area contributed by atoms with Gasteiger partial charge in [0.2, 0.25) is 5.89 Å². The number of oxazole rings is 1. The molecule has 0 aliphatic carbocycles. The van der Waals surface area contributed by atoms with E-state index in [1.807, 2.05) is 16.7 Å². The number of carboxylic acid groups (broad SMARTS) is 1. The second-order valence-corrected chi connectivity index (χ2v) is 9.93. The first-order valence-electron chi connectivity index (χ1n) is 13.2. The Hall–Kier alpha value is -5.02. The topological polar surface area (TPSA) is 135 Å². The lowest BCUT2D eigenvalue weighted by Gasteiger charge is -2.31. The molecule has 1 fully saturated rings. The van der Waals surface area contributed by atoms with Gasteiger partial charge in [-0.15, -0.1) is 9.94 Å². The number of fused-ring (bicyclic) bond motifs is 1. The number of hydrogen-bond acceptors (Lipinski definition) is 8. The second kappa shape index (κ2) is 11.2. The van der Waals surface area contributed by atoms with Crippen molar-refractivity contribution in [2.45, 2.75) is 38.5 Å². The minimum absolute atomic E-state index is 0.000406. The maximum Gasteiger partial charge on any atom is 0.335 e. The minimum atomic E-state index is -0.992. The number of carbonyl (C=O) groups is 1. The van der Waals surface area contributed by atoms with Gasteiger partial charge in [0.25, 0.3) is 0 Å². The standard InChI is InChI=1S/C29H26FN7O4/c30-23-13-19(15-31)1-2-22(23)18-41-37-11-7-24(34-37)20-5-9-35(10-6-20)16-27-33-25-4-3-21(29(38)39)14-26(25)36(27)17-28-32-8-12-40-28/h1-4,7-8,11-14,20H,5-6,9-10,16-18H2,(H,38,39). The molecule has 1 N–H and O–H groups in total. The van der Waals surface area contributed by atoms with E-state index in [2.05, 4.69) is 15.0 Å². The molecule has 12 heteroatoms. The zero-order valence-electron chi connectivity index (χ0n) is 22.0. The van der Waals surface area contributed by atoms with Crippen molar-refractivity contribution >= 4 is 17.0 Å². The fourth-order valence-electron chi connectivity index (χ4n) is 5.14. The molecule has 0 saturated carbocycles. The van der Waals surface area contributed by atoms with Gasteiger partial charge in [-0.25, -0.2) is 19.2 Å². The van der Waals surface area contributed by atoms with Gasteiger partial charge >= 0.3 is 5.97 Å². The van der Waals surface area contributed by atoms with Crippen molar-refractivity contribution in [2.24, 2.45) is 0 Å². The molecule has 0 radical (unpaired) electrons. The van der Waals surface area contributed by atoms with Crippen molar-refractivity contribution in [3.05, 3.63) is 101 Å². The number of piperidine rings is 1. The van der Waals surface area contributed by atoms with Crippen LogP contribution in [-0.2, 0) is 19.7 Å². The van der Waals surface area contributed by atoms with E-state index in [1.54, 1.807) is 42.7 Å². The molecular weight excluding hydrogens is 529 g/mol. The number of nitriles is 1. The fourth-order valence-corrected chi connectivity index (χ4v) is 5.14. The van der Waals surface area contributed by atoms with E-state index < -0.39 is 11.8 Å². The van der Waals surface area contributed by atoms with Crippen LogP contribution >= 0.6 is 0 Å². The van der Waals surface area contributed by atoms with Crippen LogP contribution in [0.1, 0.15) is 57.7 Å².